The molecule has 61 heavy (non-hydrogen) atoms. The second kappa shape index (κ2) is 14.5. The van der Waals surface area contributed by atoms with Gasteiger partial charge < -0.3 is 9.47 Å². The Bertz CT molecular complexity index is 3520. The number of fused-ring (bicyclic) bond motifs is 7. The van der Waals surface area contributed by atoms with Crippen LogP contribution >= 0.6 is 11.3 Å². The zero-order chi connectivity index (χ0) is 40.3. The SMILES string of the molecule is c1cc(N(c2ccc(-c3ccc(-c4ccc5ccccc5c4)cc3)cc2)c2ccc(-c3ccc4c(c3)sc3ccccc34)cc2)cc(-n2c3ccccc3c3ccccc32)c1. The lowest BCUT2D eigenvalue weighted by Crippen LogP contribution is -2.10. The van der Waals surface area contributed by atoms with Crippen LogP contribution in [0.4, 0.5) is 17.1 Å². The Morgan fingerprint density at radius 3 is 1.46 bits per heavy atom. The van der Waals surface area contributed by atoms with Gasteiger partial charge in [0.2, 0.25) is 0 Å². The summed E-state index contributed by atoms with van der Waals surface area (Å²) >= 11 is 1.86. The van der Waals surface area contributed by atoms with Crippen LogP contribution in [0.2, 0.25) is 0 Å². The van der Waals surface area contributed by atoms with Gasteiger partial charge in [0.25, 0.3) is 0 Å². The highest BCUT2D eigenvalue weighted by Gasteiger charge is 2.17. The molecule has 0 saturated carbocycles. The lowest BCUT2D eigenvalue weighted by Gasteiger charge is -2.26. The van der Waals surface area contributed by atoms with Crippen molar-refractivity contribution in [3.63, 3.8) is 0 Å². The molecule has 0 spiro atoms. The number of para-hydroxylation sites is 2. The molecule has 286 valence electrons. The van der Waals surface area contributed by atoms with Crippen molar-refractivity contribution in [2.45, 2.75) is 0 Å². The molecule has 0 bridgehead atoms. The standard InChI is InChI=1S/C58H38N2S/c1-2-11-44-36-45(25-24-39(44)10-1)42-22-20-40(21-23-42)41-26-31-47(32-27-41)59(48-33-28-43(29-34-48)46-30-35-54-53-16-5-8-19-57(53)61-58(54)37-46)49-12-9-13-50(38-49)60-55-17-6-3-14-51(55)52-15-4-7-18-56(52)60/h1-38H. The summed E-state index contributed by atoms with van der Waals surface area (Å²) in [5.74, 6) is 0. The fourth-order valence-electron chi connectivity index (χ4n) is 9.15. The lowest BCUT2D eigenvalue weighted by atomic mass is 9.98. The van der Waals surface area contributed by atoms with E-state index in [1.807, 2.05) is 11.3 Å². The maximum atomic E-state index is 2.39. The number of rotatable bonds is 7. The number of aromatic nitrogens is 1. The molecule has 0 saturated heterocycles. The van der Waals surface area contributed by atoms with E-state index in [0.29, 0.717) is 0 Å². The van der Waals surface area contributed by atoms with Gasteiger partial charge in [0, 0.05) is 53.7 Å². The number of thiophene rings is 1. The monoisotopic (exact) mass is 794 g/mol. The Hall–Kier alpha value is -7.72. The first kappa shape index (κ1) is 35.2. The van der Waals surface area contributed by atoms with Crippen molar-refractivity contribution >= 4 is 81.1 Å². The third-order valence-corrected chi connectivity index (χ3v) is 13.3. The molecule has 0 aliphatic carbocycles. The molecule has 0 radical (unpaired) electrons. The Morgan fingerprint density at radius 1 is 0.295 bits per heavy atom. The van der Waals surface area contributed by atoms with Crippen molar-refractivity contribution < 1.29 is 0 Å². The summed E-state index contributed by atoms with van der Waals surface area (Å²) in [5.41, 5.74) is 14.0. The number of hydrogen-bond donors (Lipinski definition) is 0. The van der Waals surface area contributed by atoms with E-state index in [-0.39, 0.29) is 0 Å². The number of benzene rings is 10. The van der Waals surface area contributed by atoms with E-state index in [0.717, 1.165) is 22.7 Å². The molecule has 0 N–H and O–H groups in total. The molecular formula is C58H38N2S. The van der Waals surface area contributed by atoms with Crippen molar-refractivity contribution in [2.75, 3.05) is 4.90 Å². The minimum atomic E-state index is 1.09. The van der Waals surface area contributed by atoms with Gasteiger partial charge in [0.05, 0.1) is 11.0 Å². The number of nitrogens with zero attached hydrogens (tertiary/aromatic N) is 2. The molecule has 3 heteroatoms. The van der Waals surface area contributed by atoms with Gasteiger partial charge in [-0.25, -0.2) is 0 Å². The first-order valence-corrected chi connectivity index (χ1v) is 21.6. The van der Waals surface area contributed by atoms with Gasteiger partial charge in [-0.05, 0) is 117 Å². The molecule has 2 heterocycles. The van der Waals surface area contributed by atoms with Crippen LogP contribution < -0.4 is 4.90 Å². The molecular weight excluding hydrogens is 757 g/mol. The summed E-state index contributed by atoms with van der Waals surface area (Å²) in [6.45, 7) is 0. The normalized spacial score (nSPS) is 11.6. The maximum Gasteiger partial charge on any atom is 0.0541 e. The van der Waals surface area contributed by atoms with Crippen molar-refractivity contribution in [1.82, 2.24) is 4.57 Å². The van der Waals surface area contributed by atoms with Crippen molar-refractivity contribution in [2.24, 2.45) is 0 Å². The molecule has 2 aromatic heterocycles. The quantitative estimate of drug-likeness (QED) is 0.156. The molecule has 12 aromatic rings. The van der Waals surface area contributed by atoms with Crippen LogP contribution in [0.3, 0.4) is 0 Å². The molecule has 10 aromatic carbocycles. The first-order valence-electron chi connectivity index (χ1n) is 20.8. The summed E-state index contributed by atoms with van der Waals surface area (Å²) in [7, 11) is 0. The van der Waals surface area contributed by atoms with E-state index in [4.69, 9.17) is 0 Å². The highest BCUT2D eigenvalue weighted by atomic mass is 32.1. The second-order valence-electron chi connectivity index (χ2n) is 15.8. The maximum absolute atomic E-state index is 2.39. The average Bonchev–Trinajstić information content (AvgIpc) is 3.88. The van der Waals surface area contributed by atoms with E-state index in [1.165, 1.54) is 86.1 Å². The third-order valence-electron chi connectivity index (χ3n) is 12.2. The van der Waals surface area contributed by atoms with Gasteiger partial charge in [-0.2, -0.15) is 0 Å². The summed E-state index contributed by atoms with van der Waals surface area (Å²) in [5, 5.41) is 7.67. The zero-order valence-electron chi connectivity index (χ0n) is 33.2. The van der Waals surface area contributed by atoms with E-state index in [1.54, 1.807) is 0 Å². The van der Waals surface area contributed by atoms with Crippen LogP contribution in [0.15, 0.2) is 231 Å². The molecule has 0 aliphatic heterocycles. The summed E-state index contributed by atoms with van der Waals surface area (Å²) < 4.78 is 5.03. The topological polar surface area (TPSA) is 8.17 Å². The molecule has 0 fully saturated rings. The van der Waals surface area contributed by atoms with Crippen LogP contribution in [0.25, 0.3) is 91.8 Å². The van der Waals surface area contributed by atoms with Gasteiger partial charge in [0.1, 0.15) is 0 Å². The summed E-state index contributed by atoms with van der Waals surface area (Å²) in [6.07, 6.45) is 0. The fraction of sp³-hybridized carbons (Fsp3) is 0. The predicted octanol–water partition coefficient (Wildman–Crippen LogP) is 16.8. The Balaban J connectivity index is 0.927. The van der Waals surface area contributed by atoms with Gasteiger partial charge in [-0.3, -0.25) is 0 Å². The lowest BCUT2D eigenvalue weighted by molar-refractivity contribution is 1.17. The predicted molar refractivity (Wildman–Crippen MR) is 262 cm³/mol. The molecule has 12 rings (SSSR count). The highest BCUT2D eigenvalue weighted by Crippen LogP contribution is 2.41. The summed E-state index contributed by atoms with van der Waals surface area (Å²) in [4.78, 5) is 2.38. The Labute approximate surface area is 358 Å². The van der Waals surface area contributed by atoms with Crippen molar-refractivity contribution in [1.29, 1.82) is 0 Å². The van der Waals surface area contributed by atoms with Crippen LogP contribution in [0.1, 0.15) is 0 Å². The van der Waals surface area contributed by atoms with E-state index in [2.05, 4.69) is 240 Å². The largest absolute Gasteiger partial charge is 0.310 e. The average molecular weight is 795 g/mol. The smallest absolute Gasteiger partial charge is 0.0541 e. The molecule has 0 atom stereocenters. The first-order chi connectivity index (χ1) is 30.2. The van der Waals surface area contributed by atoms with E-state index >= 15 is 0 Å². The summed E-state index contributed by atoms with van der Waals surface area (Å²) in [6, 6.07) is 84.2. The third kappa shape index (κ3) is 6.18. The van der Waals surface area contributed by atoms with E-state index in [9.17, 15) is 0 Å². The van der Waals surface area contributed by atoms with Crippen LogP contribution in [0, 0.1) is 0 Å². The molecule has 2 nitrogen and oxygen atoms in total. The zero-order valence-corrected chi connectivity index (χ0v) is 34.1. The van der Waals surface area contributed by atoms with Gasteiger partial charge in [-0.15, -0.1) is 11.3 Å². The van der Waals surface area contributed by atoms with Crippen LogP contribution in [0.5, 0.6) is 0 Å². The molecule has 0 amide bonds. The number of anilines is 3. The Kier molecular flexibility index (Phi) is 8.39. The second-order valence-corrected chi connectivity index (χ2v) is 16.9. The highest BCUT2D eigenvalue weighted by molar-refractivity contribution is 7.25. The van der Waals surface area contributed by atoms with Crippen LogP contribution in [-0.4, -0.2) is 4.57 Å². The van der Waals surface area contributed by atoms with Crippen molar-refractivity contribution in [3.8, 4) is 39.1 Å². The van der Waals surface area contributed by atoms with E-state index < -0.39 is 0 Å². The number of hydrogen-bond acceptors (Lipinski definition) is 2. The van der Waals surface area contributed by atoms with Gasteiger partial charge in [0.15, 0.2) is 0 Å². The minimum absolute atomic E-state index is 1.09. The van der Waals surface area contributed by atoms with Crippen LogP contribution in [-0.2, 0) is 0 Å². The van der Waals surface area contributed by atoms with Crippen molar-refractivity contribution in [3.05, 3.63) is 231 Å². The van der Waals surface area contributed by atoms with Gasteiger partial charge >= 0.3 is 0 Å². The molecule has 0 unspecified atom stereocenters. The minimum Gasteiger partial charge on any atom is -0.310 e. The Morgan fingerprint density at radius 2 is 0.787 bits per heavy atom. The molecule has 0 aliphatic rings. The van der Waals surface area contributed by atoms with Gasteiger partial charge in [-0.1, -0.05) is 158 Å². The fourth-order valence-corrected chi connectivity index (χ4v) is 10.3.